The zero-order chi connectivity index (χ0) is 29.9. The van der Waals surface area contributed by atoms with E-state index in [4.69, 9.17) is 9.47 Å². The summed E-state index contributed by atoms with van der Waals surface area (Å²) in [7, 11) is 0. The largest absolute Gasteiger partial charge is 0.490 e. The first-order chi connectivity index (χ1) is 20.4. The van der Waals surface area contributed by atoms with Crippen molar-refractivity contribution in [3.05, 3.63) is 77.4 Å². The summed E-state index contributed by atoms with van der Waals surface area (Å²) >= 11 is 0. The number of benzene rings is 3. The lowest BCUT2D eigenvalue weighted by atomic mass is 9.90. The molecule has 3 aromatic rings. The first-order valence-electron chi connectivity index (χ1n) is 15.8. The second-order valence-corrected chi connectivity index (χ2v) is 11.5. The number of hydrogen-bond donors (Lipinski definition) is 0. The fraction of sp³-hybridized carbons (Fsp3) is 0.500. The van der Waals surface area contributed by atoms with Gasteiger partial charge in [0.2, 0.25) is 5.82 Å². The highest BCUT2D eigenvalue weighted by atomic mass is 19.2. The smallest absolute Gasteiger partial charge is 0.201 e. The minimum atomic E-state index is -1.02. The summed E-state index contributed by atoms with van der Waals surface area (Å²) in [5.41, 5.74) is 1.31. The molecule has 4 rings (SSSR count). The van der Waals surface area contributed by atoms with Crippen LogP contribution in [0.25, 0.3) is 22.3 Å². The average Bonchev–Trinajstić information content (AvgIpc) is 3.01. The second kappa shape index (κ2) is 16.1. The van der Waals surface area contributed by atoms with E-state index in [1.54, 1.807) is 36.4 Å². The Hall–Kier alpha value is -2.86. The molecule has 3 aromatic carbocycles. The van der Waals surface area contributed by atoms with Gasteiger partial charge in [-0.05, 0) is 54.9 Å². The molecule has 2 nitrogen and oxygen atoms in total. The quantitative estimate of drug-likeness (QED) is 0.131. The van der Waals surface area contributed by atoms with Crippen molar-refractivity contribution in [1.29, 1.82) is 0 Å². The van der Waals surface area contributed by atoms with Gasteiger partial charge in [-0.25, -0.2) is 13.2 Å². The van der Waals surface area contributed by atoms with Crippen molar-refractivity contribution in [1.82, 2.24) is 0 Å². The SMILES string of the molecule is CCCCCCCCOc1ccc(-c2ccc(-c3ccc(C4CCC(CCCCC)CO4)c(F)c3F)cc2)c(F)c1F. The molecule has 2 atom stereocenters. The van der Waals surface area contributed by atoms with E-state index < -0.39 is 29.4 Å². The van der Waals surface area contributed by atoms with Crippen LogP contribution in [0, 0.1) is 29.2 Å². The third-order valence-corrected chi connectivity index (χ3v) is 8.35. The fourth-order valence-electron chi connectivity index (χ4n) is 5.76. The van der Waals surface area contributed by atoms with Crippen LogP contribution in [0.1, 0.15) is 103 Å². The highest BCUT2D eigenvalue weighted by molar-refractivity contribution is 5.71. The number of halogens is 4. The third kappa shape index (κ3) is 8.15. The molecule has 42 heavy (non-hydrogen) atoms. The molecule has 0 aromatic heterocycles. The topological polar surface area (TPSA) is 18.5 Å². The number of unbranched alkanes of at least 4 members (excludes halogenated alkanes) is 7. The average molecular weight is 585 g/mol. The highest BCUT2D eigenvalue weighted by Crippen LogP contribution is 2.37. The molecule has 228 valence electrons. The van der Waals surface area contributed by atoms with Crippen LogP contribution in [0.2, 0.25) is 0 Å². The minimum Gasteiger partial charge on any atom is -0.490 e. The van der Waals surface area contributed by atoms with E-state index in [0.29, 0.717) is 36.7 Å². The summed E-state index contributed by atoms with van der Waals surface area (Å²) in [5, 5.41) is 0. The lowest BCUT2D eigenvalue weighted by Gasteiger charge is -2.29. The zero-order valence-electron chi connectivity index (χ0n) is 25.0. The molecule has 0 radical (unpaired) electrons. The Labute approximate surface area is 248 Å². The summed E-state index contributed by atoms with van der Waals surface area (Å²) in [4.78, 5) is 0. The van der Waals surface area contributed by atoms with Crippen LogP contribution in [0.5, 0.6) is 5.75 Å². The van der Waals surface area contributed by atoms with Gasteiger partial charge in [0.15, 0.2) is 23.2 Å². The summed E-state index contributed by atoms with van der Waals surface area (Å²) in [5.74, 6) is -3.47. The normalized spacial score (nSPS) is 17.0. The lowest BCUT2D eigenvalue weighted by Crippen LogP contribution is -2.21. The maximum Gasteiger partial charge on any atom is 0.201 e. The van der Waals surface area contributed by atoms with Crippen molar-refractivity contribution in [3.63, 3.8) is 0 Å². The van der Waals surface area contributed by atoms with Gasteiger partial charge in [0.05, 0.1) is 19.3 Å². The van der Waals surface area contributed by atoms with Gasteiger partial charge in [-0.3, -0.25) is 0 Å². The molecule has 0 saturated carbocycles. The Morgan fingerprint density at radius 1 is 0.643 bits per heavy atom. The lowest BCUT2D eigenvalue weighted by molar-refractivity contribution is -0.0218. The standard InChI is InChI=1S/C36H44F4O2/c1-3-5-7-8-9-11-23-41-32-22-20-29(34(38)36(32)40)27-16-14-26(15-17-27)28-18-19-30(35(39)33(28)37)31-21-13-25(24-42-31)12-10-6-4-2/h14-20,22,25,31H,3-13,21,23-24H2,1-2H3. The van der Waals surface area contributed by atoms with Crippen molar-refractivity contribution < 1.29 is 27.0 Å². The maximum atomic E-state index is 15.2. The number of rotatable bonds is 15. The van der Waals surface area contributed by atoms with Crippen LogP contribution in [0.4, 0.5) is 17.6 Å². The molecule has 1 saturated heterocycles. The molecular weight excluding hydrogens is 540 g/mol. The fourth-order valence-corrected chi connectivity index (χ4v) is 5.76. The van der Waals surface area contributed by atoms with Crippen molar-refractivity contribution in [3.8, 4) is 28.0 Å². The molecule has 6 heteroatoms. The molecule has 0 aliphatic carbocycles. The molecule has 1 heterocycles. The van der Waals surface area contributed by atoms with Crippen molar-refractivity contribution >= 4 is 0 Å². The van der Waals surface area contributed by atoms with Gasteiger partial charge < -0.3 is 9.47 Å². The van der Waals surface area contributed by atoms with Crippen LogP contribution < -0.4 is 4.74 Å². The Morgan fingerprint density at radius 3 is 1.88 bits per heavy atom. The van der Waals surface area contributed by atoms with Gasteiger partial charge in [-0.1, -0.05) is 102 Å². The van der Waals surface area contributed by atoms with Gasteiger partial charge in [0, 0.05) is 16.7 Å². The van der Waals surface area contributed by atoms with Crippen LogP contribution >= 0.6 is 0 Å². The summed E-state index contributed by atoms with van der Waals surface area (Å²) in [6.45, 7) is 5.25. The van der Waals surface area contributed by atoms with E-state index in [2.05, 4.69) is 13.8 Å². The van der Waals surface area contributed by atoms with Gasteiger partial charge in [-0.2, -0.15) is 4.39 Å². The van der Waals surface area contributed by atoms with E-state index in [-0.39, 0.29) is 22.4 Å². The predicted octanol–water partition coefficient (Wildman–Crippen LogP) is 11.4. The van der Waals surface area contributed by atoms with Crippen LogP contribution in [0.3, 0.4) is 0 Å². The zero-order valence-corrected chi connectivity index (χ0v) is 25.0. The summed E-state index contributed by atoms with van der Waals surface area (Å²) < 4.78 is 71.5. The second-order valence-electron chi connectivity index (χ2n) is 11.5. The number of hydrogen-bond acceptors (Lipinski definition) is 2. The summed E-state index contributed by atoms with van der Waals surface area (Å²) in [6, 6.07) is 12.4. The molecule has 0 spiro atoms. The Kier molecular flexibility index (Phi) is 12.3. The van der Waals surface area contributed by atoms with Gasteiger partial charge in [0.1, 0.15) is 0 Å². The Bertz CT molecular complexity index is 1270. The van der Waals surface area contributed by atoms with E-state index in [0.717, 1.165) is 32.1 Å². The van der Waals surface area contributed by atoms with Crippen LogP contribution in [-0.4, -0.2) is 13.2 Å². The van der Waals surface area contributed by atoms with Gasteiger partial charge in [-0.15, -0.1) is 0 Å². The third-order valence-electron chi connectivity index (χ3n) is 8.35. The maximum absolute atomic E-state index is 15.2. The van der Waals surface area contributed by atoms with E-state index >= 15 is 8.78 Å². The van der Waals surface area contributed by atoms with Crippen molar-refractivity contribution in [2.45, 2.75) is 97.0 Å². The molecule has 1 aliphatic heterocycles. The van der Waals surface area contributed by atoms with Gasteiger partial charge >= 0.3 is 0 Å². The molecular formula is C36H44F4O2. The molecule has 0 bridgehead atoms. The molecule has 1 aliphatic rings. The van der Waals surface area contributed by atoms with Crippen LogP contribution in [-0.2, 0) is 4.74 Å². The first kappa shape index (κ1) is 32.1. The molecule has 0 amide bonds. The Morgan fingerprint density at radius 2 is 1.24 bits per heavy atom. The van der Waals surface area contributed by atoms with Gasteiger partial charge in [0.25, 0.3) is 0 Å². The first-order valence-corrected chi connectivity index (χ1v) is 15.8. The predicted molar refractivity (Wildman–Crippen MR) is 162 cm³/mol. The monoisotopic (exact) mass is 584 g/mol. The van der Waals surface area contributed by atoms with E-state index in [9.17, 15) is 8.78 Å². The summed E-state index contributed by atoms with van der Waals surface area (Å²) in [6.07, 6.45) is 12.3. The van der Waals surface area contributed by atoms with Crippen LogP contribution in [0.15, 0.2) is 48.5 Å². The van der Waals surface area contributed by atoms with E-state index in [1.165, 1.54) is 50.7 Å². The molecule has 2 unspecified atom stereocenters. The Balaban J connectivity index is 1.38. The molecule has 0 N–H and O–H groups in total. The van der Waals surface area contributed by atoms with Crippen molar-refractivity contribution in [2.75, 3.05) is 13.2 Å². The highest BCUT2D eigenvalue weighted by Gasteiger charge is 2.27. The van der Waals surface area contributed by atoms with Crippen molar-refractivity contribution in [2.24, 2.45) is 5.92 Å². The number of ether oxygens (including phenoxy) is 2. The minimum absolute atomic E-state index is 0.0791. The molecule has 1 fully saturated rings. The van der Waals surface area contributed by atoms with E-state index in [1.807, 2.05) is 0 Å².